The van der Waals surface area contributed by atoms with Gasteiger partial charge in [0.25, 0.3) is 6.17 Å². The highest BCUT2D eigenvalue weighted by Gasteiger charge is 2.35. The van der Waals surface area contributed by atoms with Crippen LogP contribution in [0.3, 0.4) is 0 Å². The first-order valence-electron chi connectivity index (χ1n) is 2.58. The van der Waals surface area contributed by atoms with E-state index in [1.165, 1.54) is 0 Å². The van der Waals surface area contributed by atoms with Gasteiger partial charge in [0.05, 0.1) is 5.92 Å². The van der Waals surface area contributed by atoms with Crippen LogP contribution >= 0.6 is 0 Å². The van der Waals surface area contributed by atoms with Crippen LogP contribution in [0.15, 0.2) is 0 Å². The molecule has 0 aromatic carbocycles. The molecule has 1 rings (SSSR count). The monoisotopic (exact) mass is 116 g/mol. The van der Waals surface area contributed by atoms with Crippen LogP contribution in [0.1, 0.15) is 6.92 Å². The Hall–Kier alpha value is -0.640. The first-order chi connectivity index (χ1) is 3.72. The van der Waals surface area contributed by atoms with Crippen LogP contribution in [0.25, 0.3) is 0 Å². The summed E-state index contributed by atoms with van der Waals surface area (Å²) in [6.07, 6.45) is -0.477. The van der Waals surface area contributed by atoms with E-state index in [2.05, 4.69) is 5.32 Å². The van der Waals surface area contributed by atoms with Gasteiger partial charge in [-0.05, 0) is 0 Å². The molecule has 2 atom stereocenters. The maximum Gasteiger partial charge on any atom is 0.269 e. The maximum absolute atomic E-state index is 9.94. The van der Waals surface area contributed by atoms with Crippen molar-refractivity contribution in [3.63, 3.8) is 0 Å². The molecule has 1 saturated heterocycles. The average Bonchev–Trinajstić information content (AvgIpc) is 1.61. The quantitative estimate of drug-likeness (QED) is 0.382. The zero-order valence-electron chi connectivity index (χ0n) is 4.63. The molecule has 0 spiro atoms. The van der Waals surface area contributed by atoms with Crippen LogP contribution in [-0.2, 0) is 0 Å². The molecule has 4 nitrogen and oxygen atoms in total. The lowest BCUT2D eigenvalue weighted by Crippen LogP contribution is -2.55. The molecule has 1 unspecified atom stereocenters. The second-order valence-corrected chi connectivity index (χ2v) is 2.12. The van der Waals surface area contributed by atoms with Gasteiger partial charge in [0.1, 0.15) is 0 Å². The van der Waals surface area contributed by atoms with E-state index in [0.717, 1.165) is 6.54 Å². The molecule has 4 heteroatoms. The molecular formula is C4H8N2O2. The minimum atomic E-state index is -0.477. The number of nitro groups is 1. The normalized spacial score (nSPS) is 36.1. The van der Waals surface area contributed by atoms with Crippen molar-refractivity contribution in [2.75, 3.05) is 6.54 Å². The van der Waals surface area contributed by atoms with Gasteiger partial charge in [-0.15, -0.1) is 0 Å². The maximum atomic E-state index is 9.94. The Kier molecular flexibility index (Phi) is 1.17. The first kappa shape index (κ1) is 5.50. The summed E-state index contributed by atoms with van der Waals surface area (Å²) in [5.74, 6) is 0.213. The topological polar surface area (TPSA) is 55.2 Å². The summed E-state index contributed by atoms with van der Waals surface area (Å²) in [7, 11) is 0. The van der Waals surface area contributed by atoms with E-state index in [1.807, 2.05) is 6.92 Å². The highest BCUT2D eigenvalue weighted by Crippen LogP contribution is 2.10. The molecule has 0 radical (unpaired) electrons. The summed E-state index contributed by atoms with van der Waals surface area (Å²) >= 11 is 0. The van der Waals surface area contributed by atoms with Crippen LogP contribution in [0.4, 0.5) is 0 Å². The summed E-state index contributed by atoms with van der Waals surface area (Å²) in [4.78, 5) is 9.65. The molecular weight excluding hydrogens is 108 g/mol. The van der Waals surface area contributed by atoms with Gasteiger partial charge in [0.15, 0.2) is 0 Å². The van der Waals surface area contributed by atoms with Gasteiger partial charge in [-0.25, -0.2) is 0 Å². The summed E-state index contributed by atoms with van der Waals surface area (Å²) < 4.78 is 0. The Morgan fingerprint density at radius 2 is 2.50 bits per heavy atom. The van der Waals surface area contributed by atoms with Crippen molar-refractivity contribution >= 4 is 0 Å². The van der Waals surface area contributed by atoms with Gasteiger partial charge in [-0.2, -0.15) is 0 Å². The Morgan fingerprint density at radius 3 is 2.50 bits per heavy atom. The fourth-order valence-electron chi connectivity index (χ4n) is 0.741. The molecule has 0 aromatic heterocycles. The van der Waals surface area contributed by atoms with Crippen molar-refractivity contribution in [2.24, 2.45) is 5.92 Å². The number of hydrogen-bond donors (Lipinski definition) is 1. The Bertz CT molecular complexity index is 115. The lowest BCUT2D eigenvalue weighted by Gasteiger charge is -2.26. The number of hydrogen-bond acceptors (Lipinski definition) is 3. The second-order valence-electron chi connectivity index (χ2n) is 2.12. The summed E-state index contributed by atoms with van der Waals surface area (Å²) in [5.41, 5.74) is 0. The van der Waals surface area contributed by atoms with E-state index >= 15 is 0 Å². The van der Waals surface area contributed by atoms with Crippen LogP contribution < -0.4 is 5.32 Å². The highest BCUT2D eigenvalue weighted by atomic mass is 16.6. The third-order valence-electron chi connectivity index (χ3n) is 1.42. The smallest absolute Gasteiger partial charge is 0.263 e. The third-order valence-corrected chi connectivity index (χ3v) is 1.42. The highest BCUT2D eigenvalue weighted by molar-refractivity contribution is 4.75. The van der Waals surface area contributed by atoms with Gasteiger partial charge in [0.2, 0.25) is 0 Å². The molecule has 1 N–H and O–H groups in total. The zero-order valence-corrected chi connectivity index (χ0v) is 4.63. The molecule has 46 valence electrons. The number of rotatable bonds is 1. The average molecular weight is 116 g/mol. The van der Waals surface area contributed by atoms with Gasteiger partial charge >= 0.3 is 0 Å². The SMILES string of the molecule is C[C@@H]1CNC1[N+](=O)[O-]. The van der Waals surface area contributed by atoms with E-state index < -0.39 is 6.17 Å². The number of nitrogens with one attached hydrogen (secondary N) is 1. The molecule has 8 heavy (non-hydrogen) atoms. The zero-order chi connectivity index (χ0) is 6.15. The number of nitrogens with zero attached hydrogens (tertiary/aromatic N) is 1. The van der Waals surface area contributed by atoms with Crippen LogP contribution in [-0.4, -0.2) is 17.6 Å². The van der Waals surface area contributed by atoms with Gasteiger partial charge in [-0.1, -0.05) is 6.92 Å². The molecule has 1 aliphatic heterocycles. The molecule has 1 fully saturated rings. The summed E-state index contributed by atoms with van der Waals surface area (Å²) in [6.45, 7) is 2.65. The van der Waals surface area contributed by atoms with Crippen LogP contribution in [0, 0.1) is 16.0 Å². The fraction of sp³-hybridized carbons (Fsp3) is 1.00. The predicted molar refractivity (Wildman–Crippen MR) is 27.9 cm³/mol. The largest absolute Gasteiger partial charge is 0.269 e. The second kappa shape index (κ2) is 1.70. The standard InChI is InChI=1S/C4H8N2O2/c1-3-2-5-4(3)6(7)8/h3-5H,2H2,1H3/t3-,4?/m1/s1. The lowest BCUT2D eigenvalue weighted by molar-refractivity contribution is -0.552. The third kappa shape index (κ3) is 0.667. The molecule has 0 aliphatic carbocycles. The Morgan fingerprint density at radius 1 is 1.88 bits per heavy atom. The molecule has 1 aliphatic rings. The van der Waals surface area contributed by atoms with Gasteiger partial charge < -0.3 is 0 Å². The van der Waals surface area contributed by atoms with Crippen molar-refractivity contribution in [3.05, 3.63) is 10.1 Å². The van der Waals surface area contributed by atoms with Crippen molar-refractivity contribution in [1.82, 2.24) is 5.32 Å². The first-order valence-corrected chi connectivity index (χ1v) is 2.58. The van der Waals surface area contributed by atoms with Gasteiger partial charge in [0, 0.05) is 11.5 Å². The van der Waals surface area contributed by atoms with Crippen molar-refractivity contribution < 1.29 is 4.92 Å². The minimum Gasteiger partial charge on any atom is -0.263 e. The Labute approximate surface area is 47.0 Å². The van der Waals surface area contributed by atoms with E-state index in [1.54, 1.807) is 0 Å². The summed E-state index contributed by atoms with van der Waals surface area (Å²) in [6, 6.07) is 0. The molecule has 0 bridgehead atoms. The fourth-order valence-corrected chi connectivity index (χ4v) is 0.741. The predicted octanol–water partition coefficient (Wildman–Crippen LogP) is -0.171. The Balaban J connectivity index is 2.37. The van der Waals surface area contributed by atoms with Gasteiger partial charge in [-0.3, -0.25) is 15.4 Å². The van der Waals surface area contributed by atoms with E-state index in [-0.39, 0.29) is 10.8 Å². The van der Waals surface area contributed by atoms with Crippen LogP contribution in [0.5, 0.6) is 0 Å². The molecule has 0 saturated carbocycles. The molecule has 0 amide bonds. The van der Waals surface area contributed by atoms with Crippen molar-refractivity contribution in [2.45, 2.75) is 13.1 Å². The van der Waals surface area contributed by atoms with Crippen molar-refractivity contribution in [3.8, 4) is 0 Å². The summed E-state index contributed by atoms with van der Waals surface area (Å²) in [5, 5.41) is 12.6. The molecule has 0 aromatic rings. The minimum absolute atomic E-state index is 0.213. The van der Waals surface area contributed by atoms with E-state index in [9.17, 15) is 10.1 Å². The molecule has 1 heterocycles. The van der Waals surface area contributed by atoms with Crippen LogP contribution in [0.2, 0.25) is 0 Å². The van der Waals surface area contributed by atoms with Crippen molar-refractivity contribution in [1.29, 1.82) is 0 Å². The lowest BCUT2D eigenvalue weighted by atomic mass is 10.0. The van der Waals surface area contributed by atoms with E-state index in [0.29, 0.717) is 0 Å². The van der Waals surface area contributed by atoms with E-state index in [4.69, 9.17) is 0 Å².